The summed E-state index contributed by atoms with van der Waals surface area (Å²) >= 11 is 0. The van der Waals surface area contributed by atoms with Crippen molar-refractivity contribution in [3.63, 3.8) is 0 Å². The van der Waals surface area contributed by atoms with E-state index in [-0.39, 0.29) is 17.9 Å². The minimum Gasteiger partial charge on any atom is -0.307 e. The largest absolute Gasteiger partial charge is 0.307 e. The number of amides is 2. The van der Waals surface area contributed by atoms with Crippen LogP contribution < -0.4 is 0 Å². The van der Waals surface area contributed by atoms with Crippen LogP contribution in [0.3, 0.4) is 0 Å². The molecule has 0 fully saturated rings. The zero-order valence-corrected chi connectivity index (χ0v) is 10.3. The maximum atomic E-state index is 12.1. The number of rotatable bonds is 3. The number of imide groups is 1. The highest BCUT2D eigenvalue weighted by molar-refractivity contribution is 6.21. The fraction of sp³-hybridized carbons (Fsp3) is 0.385. The van der Waals surface area contributed by atoms with Gasteiger partial charge in [-0.3, -0.25) is 14.5 Å². The first-order valence-electron chi connectivity index (χ1n) is 5.64. The van der Waals surface area contributed by atoms with Gasteiger partial charge < -0.3 is 4.90 Å². The van der Waals surface area contributed by atoms with Crippen molar-refractivity contribution in [3.05, 3.63) is 35.4 Å². The Morgan fingerprint density at radius 1 is 1.12 bits per heavy atom. The molecule has 4 nitrogen and oxygen atoms in total. The highest BCUT2D eigenvalue weighted by atomic mass is 16.2. The molecule has 1 aromatic carbocycles. The zero-order chi connectivity index (χ0) is 12.6. The van der Waals surface area contributed by atoms with Crippen LogP contribution in [0.2, 0.25) is 0 Å². The van der Waals surface area contributed by atoms with Crippen LogP contribution in [0.15, 0.2) is 24.3 Å². The van der Waals surface area contributed by atoms with Gasteiger partial charge in [-0.25, -0.2) is 0 Å². The van der Waals surface area contributed by atoms with Crippen molar-refractivity contribution < 1.29 is 9.59 Å². The number of hydrogen-bond acceptors (Lipinski definition) is 3. The van der Waals surface area contributed by atoms with Gasteiger partial charge in [0.1, 0.15) is 0 Å². The smallest absolute Gasteiger partial charge is 0.261 e. The van der Waals surface area contributed by atoms with E-state index in [0.29, 0.717) is 17.7 Å². The molecule has 0 bridgehead atoms. The molecule has 0 saturated carbocycles. The second kappa shape index (κ2) is 4.30. The molecule has 1 heterocycles. The molecule has 2 rings (SSSR count). The molecule has 1 aliphatic rings. The molecule has 0 aromatic heterocycles. The van der Waals surface area contributed by atoms with Crippen molar-refractivity contribution in [2.24, 2.45) is 0 Å². The maximum Gasteiger partial charge on any atom is 0.261 e. The van der Waals surface area contributed by atoms with Gasteiger partial charge in [-0.2, -0.15) is 0 Å². The first kappa shape index (κ1) is 11.8. The molecule has 0 aliphatic carbocycles. The third-order valence-electron chi connectivity index (χ3n) is 2.90. The number of likely N-dealkylation sites (N-methyl/N-ethyl adjacent to an activating group) is 1. The topological polar surface area (TPSA) is 40.6 Å². The highest BCUT2D eigenvalue weighted by Crippen LogP contribution is 2.24. The van der Waals surface area contributed by atoms with Gasteiger partial charge in [-0.15, -0.1) is 0 Å². The minimum absolute atomic E-state index is 0.114. The predicted molar refractivity (Wildman–Crippen MR) is 65.0 cm³/mol. The Kier molecular flexibility index (Phi) is 2.98. The van der Waals surface area contributed by atoms with E-state index in [1.54, 1.807) is 24.3 Å². The number of carbonyl (C=O) groups is 2. The van der Waals surface area contributed by atoms with E-state index in [9.17, 15) is 9.59 Å². The first-order valence-corrected chi connectivity index (χ1v) is 5.64. The van der Waals surface area contributed by atoms with E-state index in [4.69, 9.17) is 0 Å². The molecule has 0 spiro atoms. The lowest BCUT2D eigenvalue weighted by atomic mass is 10.1. The zero-order valence-electron chi connectivity index (χ0n) is 10.3. The Morgan fingerprint density at radius 2 is 1.59 bits per heavy atom. The Bertz CT molecular complexity index is 433. The summed E-state index contributed by atoms with van der Waals surface area (Å²) in [6.45, 7) is 2.56. The summed E-state index contributed by atoms with van der Waals surface area (Å²) < 4.78 is 0. The average Bonchev–Trinajstić information content (AvgIpc) is 2.51. The fourth-order valence-electron chi connectivity index (χ4n) is 2.22. The molecule has 17 heavy (non-hydrogen) atoms. The molecule has 2 amide bonds. The molecule has 1 unspecified atom stereocenters. The average molecular weight is 232 g/mol. The maximum absolute atomic E-state index is 12.1. The van der Waals surface area contributed by atoms with Crippen molar-refractivity contribution in [1.82, 2.24) is 9.80 Å². The summed E-state index contributed by atoms with van der Waals surface area (Å²) in [5.41, 5.74) is 1.03. The molecule has 1 aliphatic heterocycles. The van der Waals surface area contributed by atoms with Crippen LogP contribution in [-0.2, 0) is 0 Å². The van der Waals surface area contributed by atoms with Crippen LogP contribution in [0.25, 0.3) is 0 Å². The van der Waals surface area contributed by atoms with Crippen molar-refractivity contribution in [2.75, 3.05) is 20.6 Å². The van der Waals surface area contributed by atoms with Crippen LogP contribution in [-0.4, -0.2) is 48.3 Å². The van der Waals surface area contributed by atoms with Gasteiger partial charge in [0.05, 0.1) is 17.2 Å². The minimum atomic E-state index is -0.181. The summed E-state index contributed by atoms with van der Waals surface area (Å²) in [6.07, 6.45) is 0. The van der Waals surface area contributed by atoms with Crippen molar-refractivity contribution in [2.45, 2.75) is 13.0 Å². The summed E-state index contributed by atoms with van der Waals surface area (Å²) in [5, 5.41) is 0. The number of nitrogens with zero attached hydrogens (tertiary/aromatic N) is 2. The first-order chi connectivity index (χ1) is 8.02. The quantitative estimate of drug-likeness (QED) is 0.736. The number of benzene rings is 1. The lowest BCUT2D eigenvalue weighted by molar-refractivity contribution is 0.0576. The van der Waals surface area contributed by atoms with E-state index >= 15 is 0 Å². The van der Waals surface area contributed by atoms with Gasteiger partial charge in [0.2, 0.25) is 0 Å². The van der Waals surface area contributed by atoms with Crippen LogP contribution >= 0.6 is 0 Å². The molecule has 1 atom stereocenters. The van der Waals surface area contributed by atoms with Crippen molar-refractivity contribution in [1.29, 1.82) is 0 Å². The van der Waals surface area contributed by atoms with Gasteiger partial charge in [0, 0.05) is 6.54 Å². The SMILES string of the molecule is CC(CN(C)C)N1C(=O)c2ccccc2C1=O. The van der Waals surface area contributed by atoms with E-state index in [2.05, 4.69) is 0 Å². The number of fused-ring (bicyclic) bond motifs is 1. The third kappa shape index (κ3) is 1.96. The summed E-state index contributed by atoms with van der Waals surface area (Å²) in [4.78, 5) is 27.6. The van der Waals surface area contributed by atoms with Gasteiger partial charge in [0.25, 0.3) is 11.8 Å². The van der Waals surface area contributed by atoms with Crippen LogP contribution in [0.1, 0.15) is 27.6 Å². The Hall–Kier alpha value is -1.68. The molecular formula is C13H16N2O2. The number of hydrogen-bond donors (Lipinski definition) is 0. The molecule has 1 aromatic rings. The van der Waals surface area contributed by atoms with E-state index in [1.165, 1.54) is 4.90 Å². The standard InChI is InChI=1S/C13H16N2O2/c1-9(8-14(2)3)15-12(16)10-6-4-5-7-11(10)13(15)17/h4-7,9H,8H2,1-3H3. The molecule has 4 heteroatoms. The lowest BCUT2D eigenvalue weighted by Crippen LogP contribution is -2.43. The van der Waals surface area contributed by atoms with Crippen molar-refractivity contribution in [3.8, 4) is 0 Å². The van der Waals surface area contributed by atoms with Gasteiger partial charge in [0.15, 0.2) is 0 Å². The Balaban J connectivity index is 2.30. The molecule has 90 valence electrons. The summed E-state index contributed by atoms with van der Waals surface area (Å²) in [7, 11) is 3.85. The van der Waals surface area contributed by atoms with Gasteiger partial charge in [-0.1, -0.05) is 12.1 Å². The predicted octanol–water partition coefficient (Wildman–Crippen LogP) is 1.23. The summed E-state index contributed by atoms with van der Waals surface area (Å²) in [6, 6.07) is 6.86. The molecule has 0 radical (unpaired) electrons. The molecule has 0 N–H and O–H groups in total. The monoisotopic (exact) mass is 232 g/mol. The number of carbonyl (C=O) groups excluding carboxylic acids is 2. The fourth-order valence-corrected chi connectivity index (χ4v) is 2.22. The van der Waals surface area contributed by atoms with E-state index in [1.807, 2.05) is 25.9 Å². The van der Waals surface area contributed by atoms with Gasteiger partial charge in [-0.05, 0) is 33.2 Å². The summed E-state index contributed by atoms with van der Waals surface area (Å²) in [5.74, 6) is -0.361. The van der Waals surface area contributed by atoms with E-state index < -0.39 is 0 Å². The normalized spacial score (nSPS) is 16.6. The second-order valence-electron chi connectivity index (χ2n) is 4.64. The van der Waals surface area contributed by atoms with Crippen LogP contribution in [0.4, 0.5) is 0 Å². The van der Waals surface area contributed by atoms with Gasteiger partial charge >= 0.3 is 0 Å². The molecule has 0 saturated heterocycles. The highest BCUT2D eigenvalue weighted by Gasteiger charge is 2.37. The van der Waals surface area contributed by atoms with Crippen LogP contribution in [0.5, 0.6) is 0 Å². The Labute approximate surface area is 101 Å². The Morgan fingerprint density at radius 3 is 2.00 bits per heavy atom. The van der Waals surface area contributed by atoms with E-state index in [0.717, 1.165) is 0 Å². The lowest BCUT2D eigenvalue weighted by Gasteiger charge is -2.25. The van der Waals surface area contributed by atoms with Crippen LogP contribution in [0, 0.1) is 0 Å². The second-order valence-corrected chi connectivity index (χ2v) is 4.64. The third-order valence-corrected chi connectivity index (χ3v) is 2.90. The van der Waals surface area contributed by atoms with Crippen molar-refractivity contribution >= 4 is 11.8 Å². The molecular weight excluding hydrogens is 216 g/mol.